The molecule has 2 aromatic rings. The van der Waals surface area contributed by atoms with Crippen LogP contribution in [0.15, 0.2) is 36.4 Å². The summed E-state index contributed by atoms with van der Waals surface area (Å²) in [6, 6.07) is 8.23. The van der Waals surface area contributed by atoms with E-state index in [-0.39, 0.29) is 28.7 Å². The van der Waals surface area contributed by atoms with Crippen molar-refractivity contribution in [2.24, 2.45) is 0 Å². The average molecular weight is 555 g/mol. The molecule has 1 atom stereocenters. The van der Waals surface area contributed by atoms with E-state index < -0.39 is 34.4 Å². The molecule has 7 nitrogen and oxygen atoms in total. The Labute approximate surface area is 213 Å². The van der Waals surface area contributed by atoms with Crippen molar-refractivity contribution in [3.63, 3.8) is 0 Å². The molecule has 0 aliphatic rings. The van der Waals surface area contributed by atoms with Crippen LogP contribution >= 0.6 is 46.4 Å². The van der Waals surface area contributed by atoms with E-state index in [4.69, 9.17) is 46.4 Å². The van der Waals surface area contributed by atoms with E-state index in [0.29, 0.717) is 15.6 Å². The molecule has 0 saturated heterocycles. The zero-order chi connectivity index (χ0) is 24.9. The number of halogens is 4. The lowest BCUT2D eigenvalue weighted by molar-refractivity contribution is -0.140. The lowest BCUT2D eigenvalue weighted by atomic mass is 10.1. The molecule has 1 N–H and O–H groups in total. The third-order valence-corrected chi connectivity index (χ3v) is 7.48. The monoisotopic (exact) mass is 553 g/mol. The molecule has 0 bridgehead atoms. The quantitative estimate of drug-likeness (QED) is 0.490. The molecule has 2 rings (SSSR count). The van der Waals surface area contributed by atoms with Gasteiger partial charge in [-0.05, 0) is 36.8 Å². The molecule has 0 aliphatic carbocycles. The van der Waals surface area contributed by atoms with Gasteiger partial charge in [-0.1, -0.05) is 59.4 Å². The molecule has 0 aromatic heterocycles. The number of hydrogen-bond donors (Lipinski definition) is 1. The van der Waals surface area contributed by atoms with Crippen LogP contribution in [-0.2, 0) is 26.2 Å². The minimum atomic E-state index is -3.89. The second kappa shape index (κ2) is 11.6. The number of nitrogens with zero attached hydrogens (tertiary/aromatic N) is 2. The summed E-state index contributed by atoms with van der Waals surface area (Å²) in [4.78, 5) is 27.3. The van der Waals surface area contributed by atoms with Crippen LogP contribution in [0.2, 0.25) is 20.1 Å². The highest BCUT2D eigenvalue weighted by atomic mass is 35.5. The largest absolute Gasteiger partial charge is 0.357 e. The number of rotatable bonds is 9. The number of carbonyl (C=O) groups is 2. The van der Waals surface area contributed by atoms with Crippen LogP contribution in [0.5, 0.6) is 0 Å². The molecule has 0 heterocycles. The highest BCUT2D eigenvalue weighted by Gasteiger charge is 2.32. The van der Waals surface area contributed by atoms with Gasteiger partial charge in [0.1, 0.15) is 12.6 Å². The number of benzene rings is 2. The van der Waals surface area contributed by atoms with Crippen molar-refractivity contribution in [1.82, 2.24) is 10.2 Å². The second-order valence-electron chi connectivity index (χ2n) is 7.13. The fourth-order valence-electron chi connectivity index (χ4n) is 3.19. The van der Waals surface area contributed by atoms with Crippen LogP contribution in [0.1, 0.15) is 18.9 Å². The van der Waals surface area contributed by atoms with E-state index in [1.54, 1.807) is 25.1 Å². The third-order valence-electron chi connectivity index (χ3n) is 4.89. The van der Waals surface area contributed by atoms with E-state index in [1.807, 2.05) is 0 Å². The van der Waals surface area contributed by atoms with Crippen molar-refractivity contribution in [3.8, 4) is 0 Å². The van der Waals surface area contributed by atoms with Crippen molar-refractivity contribution in [2.75, 3.05) is 24.2 Å². The van der Waals surface area contributed by atoms with Crippen LogP contribution in [0.3, 0.4) is 0 Å². The Morgan fingerprint density at radius 3 is 2.09 bits per heavy atom. The number of sulfonamides is 1. The molecule has 0 fully saturated rings. The van der Waals surface area contributed by atoms with Gasteiger partial charge in [0, 0.05) is 29.2 Å². The van der Waals surface area contributed by atoms with E-state index in [2.05, 4.69) is 5.32 Å². The van der Waals surface area contributed by atoms with Crippen molar-refractivity contribution >= 4 is 73.9 Å². The maximum Gasteiger partial charge on any atom is 0.244 e. The van der Waals surface area contributed by atoms with Gasteiger partial charge in [0.15, 0.2) is 0 Å². The van der Waals surface area contributed by atoms with Crippen molar-refractivity contribution < 1.29 is 18.0 Å². The fraction of sp³-hybridized carbons (Fsp3) is 0.333. The first kappa shape index (κ1) is 27.5. The van der Waals surface area contributed by atoms with Crippen molar-refractivity contribution in [3.05, 3.63) is 62.1 Å². The Morgan fingerprint density at radius 1 is 1.00 bits per heavy atom. The van der Waals surface area contributed by atoms with Crippen molar-refractivity contribution in [2.45, 2.75) is 25.9 Å². The average Bonchev–Trinajstić information content (AvgIpc) is 2.74. The Morgan fingerprint density at radius 2 is 1.61 bits per heavy atom. The van der Waals surface area contributed by atoms with Gasteiger partial charge >= 0.3 is 0 Å². The summed E-state index contributed by atoms with van der Waals surface area (Å²) in [7, 11) is -2.44. The molecule has 33 heavy (non-hydrogen) atoms. The number of amides is 2. The first-order valence-electron chi connectivity index (χ1n) is 9.77. The van der Waals surface area contributed by atoms with Gasteiger partial charge in [-0.15, -0.1) is 0 Å². The van der Waals surface area contributed by atoms with Gasteiger partial charge < -0.3 is 10.2 Å². The molecule has 2 aromatic carbocycles. The molecule has 0 aliphatic heterocycles. The maximum atomic E-state index is 13.5. The summed E-state index contributed by atoms with van der Waals surface area (Å²) < 4.78 is 26.0. The standard InChI is InChI=1S/C21H23Cl4N3O4S/c1-4-19(21(30)26-2)27(11-14-15(22)6-5-7-16(14)23)20(29)12-28(33(3,31)32)13-8-9-17(24)18(25)10-13/h5-10,19H,4,11-12H2,1-3H3,(H,26,30)/t19-/m1/s1. The minimum absolute atomic E-state index is 0.0950. The predicted molar refractivity (Wildman–Crippen MR) is 134 cm³/mol. The van der Waals surface area contributed by atoms with E-state index in [9.17, 15) is 18.0 Å². The first-order valence-corrected chi connectivity index (χ1v) is 13.1. The zero-order valence-corrected chi connectivity index (χ0v) is 22.0. The Balaban J connectivity index is 2.51. The first-order chi connectivity index (χ1) is 15.4. The Kier molecular flexibility index (Phi) is 9.70. The summed E-state index contributed by atoms with van der Waals surface area (Å²) in [5.41, 5.74) is 0.598. The molecular formula is C21H23Cl4N3O4S. The SMILES string of the molecule is CC[C@H](C(=O)NC)N(Cc1c(Cl)cccc1Cl)C(=O)CN(c1ccc(Cl)c(Cl)c1)S(C)(=O)=O. The van der Waals surface area contributed by atoms with Gasteiger partial charge in [0.25, 0.3) is 0 Å². The van der Waals surface area contributed by atoms with Crippen LogP contribution in [0, 0.1) is 0 Å². The number of hydrogen-bond acceptors (Lipinski definition) is 4. The Hall–Kier alpha value is -1.71. The molecule has 0 spiro atoms. The summed E-state index contributed by atoms with van der Waals surface area (Å²) in [6.07, 6.45) is 1.24. The summed E-state index contributed by atoms with van der Waals surface area (Å²) in [5.74, 6) is -1.03. The molecule has 180 valence electrons. The smallest absolute Gasteiger partial charge is 0.244 e. The number of likely N-dealkylation sites (N-methyl/N-ethyl adjacent to an activating group) is 1. The van der Waals surface area contributed by atoms with E-state index in [0.717, 1.165) is 10.6 Å². The van der Waals surface area contributed by atoms with Crippen LogP contribution in [0.25, 0.3) is 0 Å². The second-order valence-corrected chi connectivity index (χ2v) is 10.7. The number of anilines is 1. The maximum absolute atomic E-state index is 13.5. The van der Waals surface area contributed by atoms with Gasteiger partial charge in [0.2, 0.25) is 21.8 Å². The molecular weight excluding hydrogens is 532 g/mol. The highest BCUT2D eigenvalue weighted by Crippen LogP contribution is 2.30. The van der Waals surface area contributed by atoms with Gasteiger partial charge in [0.05, 0.1) is 22.0 Å². The summed E-state index contributed by atoms with van der Waals surface area (Å²) >= 11 is 24.6. The lowest BCUT2D eigenvalue weighted by Gasteiger charge is -2.33. The summed E-state index contributed by atoms with van der Waals surface area (Å²) in [5, 5.41) is 3.53. The molecule has 0 unspecified atom stereocenters. The third kappa shape index (κ3) is 6.90. The zero-order valence-electron chi connectivity index (χ0n) is 18.1. The minimum Gasteiger partial charge on any atom is -0.357 e. The van der Waals surface area contributed by atoms with Crippen LogP contribution in [0.4, 0.5) is 5.69 Å². The van der Waals surface area contributed by atoms with Gasteiger partial charge in [-0.25, -0.2) is 8.42 Å². The number of carbonyl (C=O) groups excluding carboxylic acids is 2. The van der Waals surface area contributed by atoms with Crippen LogP contribution < -0.4 is 9.62 Å². The van der Waals surface area contributed by atoms with E-state index >= 15 is 0 Å². The van der Waals surface area contributed by atoms with E-state index in [1.165, 1.54) is 30.1 Å². The van der Waals surface area contributed by atoms with Crippen molar-refractivity contribution in [1.29, 1.82) is 0 Å². The highest BCUT2D eigenvalue weighted by molar-refractivity contribution is 7.92. The number of nitrogens with one attached hydrogen (secondary N) is 1. The predicted octanol–water partition coefficient (Wildman–Crippen LogP) is 4.62. The molecule has 0 saturated carbocycles. The topological polar surface area (TPSA) is 86.8 Å². The molecule has 12 heteroatoms. The van der Waals surface area contributed by atoms with Gasteiger partial charge in [-0.2, -0.15) is 0 Å². The van der Waals surface area contributed by atoms with Crippen LogP contribution in [-0.4, -0.2) is 51.0 Å². The normalized spacial score (nSPS) is 12.2. The lowest BCUT2D eigenvalue weighted by Crippen LogP contribution is -2.51. The molecule has 2 amide bonds. The Bertz CT molecular complexity index is 1120. The van der Waals surface area contributed by atoms with Gasteiger partial charge in [-0.3, -0.25) is 13.9 Å². The summed E-state index contributed by atoms with van der Waals surface area (Å²) in [6.45, 7) is 1.07. The fourth-order valence-corrected chi connectivity index (χ4v) is 4.84. The molecule has 0 radical (unpaired) electrons.